The quantitative estimate of drug-likeness (QED) is 0.799. The molecule has 1 aromatic rings. The smallest absolute Gasteiger partial charge is 0.0595 e. The van der Waals surface area contributed by atoms with Gasteiger partial charge in [-0.25, -0.2) is 0 Å². The SMILES string of the molecule is CC1CSCCC1(c1cccs1)N1CCCCC1. The molecule has 0 N–H and O–H groups in total. The highest BCUT2D eigenvalue weighted by atomic mass is 32.2. The Morgan fingerprint density at radius 2 is 2.11 bits per heavy atom. The molecule has 3 rings (SSSR count). The second-order valence-electron chi connectivity index (χ2n) is 5.68. The lowest BCUT2D eigenvalue weighted by atomic mass is 9.79. The van der Waals surface area contributed by atoms with Crippen LogP contribution in [0.2, 0.25) is 0 Å². The zero-order valence-corrected chi connectivity index (χ0v) is 12.9. The summed E-state index contributed by atoms with van der Waals surface area (Å²) in [5, 5.41) is 2.26. The van der Waals surface area contributed by atoms with E-state index in [0.29, 0.717) is 5.54 Å². The number of thioether (sulfide) groups is 1. The van der Waals surface area contributed by atoms with E-state index in [4.69, 9.17) is 0 Å². The Labute approximate surface area is 119 Å². The number of nitrogens with zero attached hydrogens (tertiary/aromatic N) is 1. The number of likely N-dealkylation sites (tertiary alicyclic amines) is 1. The molecule has 0 spiro atoms. The second-order valence-corrected chi connectivity index (χ2v) is 7.77. The average molecular weight is 281 g/mol. The van der Waals surface area contributed by atoms with Crippen LogP contribution in [0.5, 0.6) is 0 Å². The normalized spacial score (nSPS) is 34.6. The molecule has 2 atom stereocenters. The van der Waals surface area contributed by atoms with E-state index in [1.807, 2.05) is 11.3 Å². The minimum atomic E-state index is 0.361. The number of hydrogen-bond acceptors (Lipinski definition) is 3. The van der Waals surface area contributed by atoms with Gasteiger partial charge in [0.25, 0.3) is 0 Å². The van der Waals surface area contributed by atoms with Crippen molar-refractivity contribution in [3.63, 3.8) is 0 Å². The molecule has 2 unspecified atom stereocenters. The molecule has 2 aliphatic heterocycles. The zero-order chi connectivity index (χ0) is 12.4. The summed E-state index contributed by atoms with van der Waals surface area (Å²) in [6.07, 6.45) is 5.57. The van der Waals surface area contributed by atoms with Gasteiger partial charge in [0, 0.05) is 4.88 Å². The minimum Gasteiger partial charge on any atom is -0.293 e. The fourth-order valence-electron chi connectivity index (χ4n) is 3.68. The first kappa shape index (κ1) is 13.0. The summed E-state index contributed by atoms with van der Waals surface area (Å²) < 4.78 is 0. The summed E-state index contributed by atoms with van der Waals surface area (Å²) in [4.78, 5) is 4.45. The molecule has 2 saturated heterocycles. The first-order valence-corrected chi connectivity index (χ1v) is 9.24. The highest BCUT2D eigenvalue weighted by Crippen LogP contribution is 2.47. The number of rotatable bonds is 2. The lowest BCUT2D eigenvalue weighted by Crippen LogP contribution is -2.54. The lowest BCUT2D eigenvalue weighted by Gasteiger charge is -2.51. The van der Waals surface area contributed by atoms with Crippen molar-refractivity contribution in [2.45, 2.75) is 38.1 Å². The van der Waals surface area contributed by atoms with Crippen LogP contribution in [0.25, 0.3) is 0 Å². The first-order chi connectivity index (χ1) is 8.84. The molecule has 0 radical (unpaired) electrons. The van der Waals surface area contributed by atoms with Gasteiger partial charge in [-0.1, -0.05) is 19.4 Å². The molecular formula is C15H23NS2. The molecule has 0 aliphatic carbocycles. The Bertz CT molecular complexity index is 370. The van der Waals surface area contributed by atoms with E-state index < -0.39 is 0 Å². The Balaban J connectivity index is 1.96. The molecular weight excluding hydrogens is 258 g/mol. The molecule has 1 nitrogen and oxygen atoms in total. The maximum absolute atomic E-state index is 2.83. The van der Waals surface area contributed by atoms with Gasteiger partial charge in [0.15, 0.2) is 0 Å². The summed E-state index contributed by atoms with van der Waals surface area (Å²) >= 11 is 4.12. The van der Waals surface area contributed by atoms with Crippen LogP contribution in [-0.2, 0) is 5.54 Å². The molecule has 0 bridgehead atoms. The van der Waals surface area contributed by atoms with Gasteiger partial charge in [-0.05, 0) is 61.2 Å². The number of hydrogen-bond donors (Lipinski definition) is 0. The van der Waals surface area contributed by atoms with Crippen molar-refractivity contribution in [3.8, 4) is 0 Å². The predicted octanol–water partition coefficient (Wildman–Crippen LogP) is 4.20. The van der Waals surface area contributed by atoms with Crippen molar-refractivity contribution >= 4 is 23.1 Å². The average Bonchev–Trinajstić information content (AvgIpc) is 2.95. The van der Waals surface area contributed by atoms with Crippen LogP contribution in [0.15, 0.2) is 17.5 Å². The van der Waals surface area contributed by atoms with E-state index in [-0.39, 0.29) is 0 Å². The monoisotopic (exact) mass is 281 g/mol. The van der Waals surface area contributed by atoms with Crippen molar-refractivity contribution in [2.24, 2.45) is 5.92 Å². The predicted molar refractivity (Wildman–Crippen MR) is 82.5 cm³/mol. The van der Waals surface area contributed by atoms with E-state index in [0.717, 1.165) is 5.92 Å². The van der Waals surface area contributed by atoms with E-state index in [1.165, 1.54) is 50.3 Å². The summed E-state index contributed by atoms with van der Waals surface area (Å²) in [6, 6.07) is 4.62. The van der Waals surface area contributed by atoms with E-state index in [2.05, 4.69) is 41.1 Å². The lowest BCUT2D eigenvalue weighted by molar-refractivity contribution is 0.0226. The Kier molecular flexibility index (Phi) is 4.02. The minimum absolute atomic E-state index is 0.361. The van der Waals surface area contributed by atoms with Crippen molar-refractivity contribution in [1.29, 1.82) is 0 Å². The van der Waals surface area contributed by atoms with Gasteiger partial charge in [0.05, 0.1) is 5.54 Å². The third kappa shape index (κ3) is 2.14. The summed E-state index contributed by atoms with van der Waals surface area (Å²) in [5.74, 6) is 3.45. The molecule has 18 heavy (non-hydrogen) atoms. The van der Waals surface area contributed by atoms with Crippen LogP contribution in [0.1, 0.15) is 37.5 Å². The molecule has 100 valence electrons. The Hall–Kier alpha value is 0.01000. The molecule has 3 heterocycles. The largest absolute Gasteiger partial charge is 0.293 e. The van der Waals surface area contributed by atoms with Crippen molar-refractivity contribution in [2.75, 3.05) is 24.6 Å². The van der Waals surface area contributed by atoms with Crippen molar-refractivity contribution in [3.05, 3.63) is 22.4 Å². The molecule has 3 heteroatoms. The van der Waals surface area contributed by atoms with Gasteiger partial charge in [0.1, 0.15) is 0 Å². The first-order valence-electron chi connectivity index (χ1n) is 7.21. The number of thiophene rings is 1. The topological polar surface area (TPSA) is 3.24 Å². The van der Waals surface area contributed by atoms with Crippen molar-refractivity contribution in [1.82, 2.24) is 4.90 Å². The fourth-order valence-corrected chi connectivity index (χ4v) is 6.03. The van der Waals surface area contributed by atoms with Crippen LogP contribution in [0, 0.1) is 5.92 Å². The molecule has 0 aromatic carbocycles. The maximum Gasteiger partial charge on any atom is 0.0595 e. The summed E-state index contributed by atoms with van der Waals surface area (Å²) in [6.45, 7) is 5.10. The third-order valence-corrected chi connectivity index (χ3v) is 6.94. The number of piperidine rings is 1. The summed E-state index contributed by atoms with van der Waals surface area (Å²) in [5.41, 5.74) is 0.361. The zero-order valence-electron chi connectivity index (χ0n) is 11.2. The van der Waals surface area contributed by atoms with Gasteiger partial charge in [-0.3, -0.25) is 4.90 Å². The highest BCUT2D eigenvalue weighted by Gasteiger charge is 2.45. The Morgan fingerprint density at radius 1 is 1.28 bits per heavy atom. The third-order valence-electron chi connectivity index (χ3n) is 4.68. The molecule has 2 aliphatic rings. The van der Waals surface area contributed by atoms with Gasteiger partial charge in [-0.2, -0.15) is 11.8 Å². The van der Waals surface area contributed by atoms with Gasteiger partial charge in [-0.15, -0.1) is 11.3 Å². The van der Waals surface area contributed by atoms with Gasteiger partial charge >= 0.3 is 0 Å². The van der Waals surface area contributed by atoms with Crippen molar-refractivity contribution < 1.29 is 0 Å². The standard InChI is InChI=1S/C15H23NS2/c1-13-12-17-11-7-15(13,14-6-5-10-18-14)16-8-3-2-4-9-16/h5-6,10,13H,2-4,7-9,11-12H2,1H3. The highest BCUT2D eigenvalue weighted by molar-refractivity contribution is 7.99. The molecule has 2 fully saturated rings. The van der Waals surface area contributed by atoms with Crippen LogP contribution in [0.3, 0.4) is 0 Å². The van der Waals surface area contributed by atoms with Gasteiger partial charge < -0.3 is 0 Å². The molecule has 0 amide bonds. The molecule has 0 saturated carbocycles. The summed E-state index contributed by atoms with van der Waals surface area (Å²) in [7, 11) is 0. The van der Waals surface area contributed by atoms with Crippen LogP contribution in [-0.4, -0.2) is 29.5 Å². The van der Waals surface area contributed by atoms with Crippen LogP contribution in [0.4, 0.5) is 0 Å². The maximum atomic E-state index is 2.83. The van der Waals surface area contributed by atoms with E-state index >= 15 is 0 Å². The van der Waals surface area contributed by atoms with E-state index in [9.17, 15) is 0 Å². The van der Waals surface area contributed by atoms with Gasteiger partial charge in [0.2, 0.25) is 0 Å². The van der Waals surface area contributed by atoms with Crippen LogP contribution < -0.4 is 0 Å². The van der Waals surface area contributed by atoms with Crippen LogP contribution >= 0.6 is 23.1 Å². The molecule has 1 aromatic heterocycles. The fraction of sp³-hybridized carbons (Fsp3) is 0.733. The second kappa shape index (κ2) is 5.56. The van der Waals surface area contributed by atoms with E-state index in [1.54, 1.807) is 4.88 Å². The Morgan fingerprint density at radius 3 is 2.78 bits per heavy atom.